The van der Waals surface area contributed by atoms with Crippen LogP contribution in [-0.4, -0.2) is 7.11 Å². The summed E-state index contributed by atoms with van der Waals surface area (Å²) in [4.78, 5) is 0. The third kappa shape index (κ3) is 6.31. The zero-order valence-corrected chi connectivity index (χ0v) is 22.9. The van der Waals surface area contributed by atoms with Gasteiger partial charge in [0.15, 0.2) is 0 Å². The molecule has 1 radical (unpaired) electrons. The number of rotatable bonds is 5. The summed E-state index contributed by atoms with van der Waals surface area (Å²) in [5.41, 5.74) is 5.73. The second-order valence-corrected chi connectivity index (χ2v) is 11.7. The number of benzene rings is 3. The molecule has 3 rings (SSSR count). The highest BCUT2D eigenvalue weighted by Crippen LogP contribution is 2.39. The maximum atomic E-state index is 6.91. The largest absolute Gasteiger partial charge is 0.497 e. The molecule has 0 aromatic heterocycles. The Balaban J connectivity index is 2.23. The molecule has 33 heavy (non-hydrogen) atoms. The van der Waals surface area contributed by atoms with Crippen LogP contribution in [-0.2, 0) is 10.8 Å². The van der Waals surface area contributed by atoms with Gasteiger partial charge in [0.25, 0.3) is 0 Å². The fourth-order valence-electron chi connectivity index (χ4n) is 3.67. The first-order chi connectivity index (χ1) is 15.4. The minimum Gasteiger partial charge on any atom is -0.497 e. The summed E-state index contributed by atoms with van der Waals surface area (Å²) in [5.74, 6) is 0.792. The number of hydrogen-bond acceptors (Lipinski definition) is 1. The minimum absolute atomic E-state index is 0.0159. The third-order valence-electron chi connectivity index (χ3n) is 5.79. The molecule has 0 saturated carbocycles. The number of ether oxygens (including phenoxy) is 1. The molecule has 1 unspecified atom stereocenters. The molecule has 3 aromatic carbocycles. The van der Waals surface area contributed by atoms with Gasteiger partial charge in [-0.3, -0.25) is 0 Å². The Hall–Kier alpha value is -2.03. The molecule has 0 spiro atoms. The van der Waals surface area contributed by atoms with Crippen molar-refractivity contribution in [1.29, 1.82) is 0 Å². The molecule has 1 atom stereocenters. The van der Waals surface area contributed by atoms with E-state index in [1.165, 1.54) is 22.3 Å². The van der Waals surface area contributed by atoms with Crippen LogP contribution in [0.15, 0.2) is 71.2 Å². The third-order valence-corrected chi connectivity index (χ3v) is 6.85. The van der Waals surface area contributed by atoms with E-state index in [2.05, 4.69) is 99.9 Å². The van der Waals surface area contributed by atoms with Crippen LogP contribution in [0, 0.1) is 6.07 Å². The number of allylic oxidation sites excluding steroid dienone is 1. The van der Waals surface area contributed by atoms with Crippen LogP contribution in [0.2, 0.25) is 0 Å². The topological polar surface area (TPSA) is 9.23 Å². The summed E-state index contributed by atoms with van der Waals surface area (Å²) in [6, 6.07) is 24.5. The molecule has 3 heteroatoms. The van der Waals surface area contributed by atoms with Crippen molar-refractivity contribution in [3.8, 4) is 5.75 Å². The lowest BCUT2D eigenvalue weighted by molar-refractivity contribution is 0.415. The number of halogens is 2. The van der Waals surface area contributed by atoms with E-state index >= 15 is 0 Å². The predicted octanol–water partition coefficient (Wildman–Crippen LogP) is 9.26. The van der Waals surface area contributed by atoms with Gasteiger partial charge >= 0.3 is 0 Å². The summed E-state index contributed by atoms with van der Waals surface area (Å²) in [7, 11) is 1.67. The monoisotopic (exact) mass is 523 g/mol. The second-order valence-electron chi connectivity index (χ2n) is 10.5. The van der Waals surface area contributed by atoms with Gasteiger partial charge in [-0.1, -0.05) is 105 Å². The van der Waals surface area contributed by atoms with Crippen molar-refractivity contribution in [2.75, 3.05) is 7.11 Å². The quantitative estimate of drug-likeness (QED) is 0.323. The molecular formula is C30H33BrClO. The Kier molecular flexibility index (Phi) is 7.81. The Morgan fingerprint density at radius 1 is 0.909 bits per heavy atom. The van der Waals surface area contributed by atoms with Gasteiger partial charge in [0.2, 0.25) is 0 Å². The Bertz CT molecular complexity index is 1100. The first-order valence-corrected chi connectivity index (χ1v) is 12.4. The molecule has 0 heterocycles. The Morgan fingerprint density at radius 3 is 1.94 bits per heavy atom. The molecule has 0 N–H and O–H groups in total. The zero-order chi connectivity index (χ0) is 24.4. The maximum Gasteiger partial charge on any atom is 0.118 e. The van der Waals surface area contributed by atoms with Crippen LogP contribution in [0.1, 0.15) is 75.3 Å². The van der Waals surface area contributed by atoms with Crippen molar-refractivity contribution >= 4 is 32.6 Å². The van der Waals surface area contributed by atoms with Gasteiger partial charge in [0.05, 0.1) is 7.11 Å². The first-order valence-electron chi connectivity index (χ1n) is 11.2. The van der Waals surface area contributed by atoms with Crippen molar-refractivity contribution < 1.29 is 4.74 Å². The van der Waals surface area contributed by atoms with E-state index in [0.717, 1.165) is 15.8 Å². The average molecular weight is 525 g/mol. The standard InChI is InChI=1S/C30H33BrClO/c1-29(2,3)22-16-21(17-23(18-22)30(4,5)6)26(25-10-8-9-11-27(25)31)19-28(32)20-12-14-24(33-7)15-13-20/h8-17,19,26H,1-7H3. The normalized spacial score (nSPS) is 13.7. The minimum atomic E-state index is -0.0213. The van der Waals surface area contributed by atoms with Crippen LogP contribution in [0.25, 0.3) is 5.03 Å². The molecule has 0 aliphatic carbocycles. The van der Waals surface area contributed by atoms with Gasteiger partial charge in [-0.15, -0.1) is 0 Å². The summed E-state index contributed by atoms with van der Waals surface area (Å²) < 4.78 is 6.37. The van der Waals surface area contributed by atoms with E-state index < -0.39 is 0 Å². The van der Waals surface area contributed by atoms with E-state index in [4.69, 9.17) is 16.3 Å². The van der Waals surface area contributed by atoms with Crippen LogP contribution in [0.5, 0.6) is 5.75 Å². The van der Waals surface area contributed by atoms with Gasteiger partial charge in [-0.25, -0.2) is 0 Å². The lowest BCUT2D eigenvalue weighted by Crippen LogP contribution is -2.18. The fourth-order valence-corrected chi connectivity index (χ4v) is 4.45. The van der Waals surface area contributed by atoms with Crippen molar-refractivity contribution in [3.05, 3.63) is 105 Å². The van der Waals surface area contributed by atoms with Crippen molar-refractivity contribution in [3.63, 3.8) is 0 Å². The van der Waals surface area contributed by atoms with Gasteiger partial charge in [0, 0.05) is 15.4 Å². The fraction of sp³-hybridized carbons (Fsp3) is 0.333. The van der Waals surface area contributed by atoms with Gasteiger partial charge in [-0.05, 0) is 75.0 Å². The number of methoxy groups -OCH3 is 1. The van der Waals surface area contributed by atoms with Crippen LogP contribution in [0.3, 0.4) is 0 Å². The van der Waals surface area contributed by atoms with Crippen LogP contribution >= 0.6 is 27.5 Å². The van der Waals surface area contributed by atoms with Crippen molar-refractivity contribution in [2.24, 2.45) is 0 Å². The SMILES string of the molecule is COc1ccc(C(Cl)=CC(c2cc(C(C)(C)C)[c]c(C(C)(C)C)c2)c2ccccc2Br)cc1. The summed E-state index contributed by atoms with van der Waals surface area (Å²) in [6.07, 6.45) is 2.15. The molecule has 1 nitrogen and oxygen atoms in total. The highest BCUT2D eigenvalue weighted by molar-refractivity contribution is 9.10. The van der Waals surface area contributed by atoms with Crippen LogP contribution < -0.4 is 4.74 Å². The Labute approximate surface area is 213 Å². The molecule has 0 aliphatic rings. The van der Waals surface area contributed by atoms with Gasteiger partial charge in [0.1, 0.15) is 5.75 Å². The average Bonchev–Trinajstić information content (AvgIpc) is 2.76. The molecule has 3 aromatic rings. The maximum absolute atomic E-state index is 6.91. The molecule has 0 fully saturated rings. The first kappa shape index (κ1) is 25.6. The highest BCUT2D eigenvalue weighted by atomic mass is 79.9. The van der Waals surface area contributed by atoms with E-state index in [0.29, 0.717) is 5.03 Å². The molecule has 0 saturated heterocycles. The van der Waals surface area contributed by atoms with E-state index in [1.807, 2.05) is 30.3 Å². The second kappa shape index (κ2) is 10.1. The molecule has 0 amide bonds. The summed E-state index contributed by atoms with van der Waals surface area (Å²) in [6.45, 7) is 13.4. The van der Waals surface area contributed by atoms with E-state index in [9.17, 15) is 0 Å². The lowest BCUT2D eigenvalue weighted by Gasteiger charge is -2.28. The molecular weight excluding hydrogens is 492 g/mol. The van der Waals surface area contributed by atoms with E-state index in [1.54, 1.807) is 7.11 Å². The molecule has 0 bridgehead atoms. The van der Waals surface area contributed by atoms with E-state index in [-0.39, 0.29) is 16.7 Å². The molecule has 173 valence electrons. The smallest absolute Gasteiger partial charge is 0.118 e. The summed E-state index contributed by atoms with van der Waals surface area (Å²) >= 11 is 10.7. The van der Waals surface area contributed by atoms with Gasteiger partial charge < -0.3 is 4.74 Å². The summed E-state index contributed by atoms with van der Waals surface area (Å²) in [5, 5.41) is 0.709. The number of hydrogen-bond donors (Lipinski definition) is 0. The molecule has 0 aliphatic heterocycles. The zero-order valence-electron chi connectivity index (χ0n) is 20.6. The van der Waals surface area contributed by atoms with Crippen molar-refractivity contribution in [2.45, 2.75) is 58.3 Å². The highest BCUT2D eigenvalue weighted by Gasteiger charge is 2.24. The van der Waals surface area contributed by atoms with Gasteiger partial charge in [-0.2, -0.15) is 0 Å². The van der Waals surface area contributed by atoms with Crippen LogP contribution in [0.4, 0.5) is 0 Å². The lowest BCUT2D eigenvalue weighted by atomic mass is 9.77. The van der Waals surface area contributed by atoms with Crippen molar-refractivity contribution in [1.82, 2.24) is 0 Å². The Morgan fingerprint density at radius 2 is 1.45 bits per heavy atom. The predicted molar refractivity (Wildman–Crippen MR) is 145 cm³/mol.